The van der Waals surface area contributed by atoms with Gasteiger partial charge in [-0.05, 0) is 12.5 Å². The molecule has 0 aliphatic carbocycles. The zero-order valence-electron chi connectivity index (χ0n) is 16.0. The van der Waals surface area contributed by atoms with E-state index >= 15 is 0 Å². The van der Waals surface area contributed by atoms with Gasteiger partial charge in [0.05, 0.1) is 5.97 Å². The summed E-state index contributed by atoms with van der Waals surface area (Å²) in [7, 11) is 0. The van der Waals surface area contributed by atoms with Gasteiger partial charge < -0.3 is 9.90 Å². The van der Waals surface area contributed by atoms with Crippen molar-refractivity contribution in [2.45, 2.75) is 79.5 Å². The first-order valence-corrected chi connectivity index (χ1v) is 14.9. The zero-order valence-corrected chi connectivity index (χ0v) is 18.8. The van der Waals surface area contributed by atoms with E-state index in [0.717, 1.165) is 0 Å². The summed E-state index contributed by atoms with van der Waals surface area (Å²) in [6.45, 7) is 18.2. The fourth-order valence-electron chi connectivity index (χ4n) is 1.66. The molecule has 0 fully saturated rings. The number of hydrogen-bond donors (Lipinski definition) is 0. The van der Waals surface area contributed by atoms with Crippen LogP contribution in [0.2, 0.25) is 13.3 Å². The van der Waals surface area contributed by atoms with Crippen LogP contribution >= 0.6 is 0 Å². The Morgan fingerprint density at radius 3 is 1.30 bits per heavy atom. The summed E-state index contributed by atoms with van der Waals surface area (Å²) in [5.41, 5.74) is 0.0648. The third kappa shape index (κ3) is 30.0. The molecule has 0 aliphatic heterocycles. The van der Waals surface area contributed by atoms with E-state index in [2.05, 4.69) is 40.5 Å². The number of carbonyl (C=O) groups excluding carboxylic acids is 1. The van der Waals surface area contributed by atoms with Crippen molar-refractivity contribution < 1.29 is 9.90 Å². The molecule has 0 radical (unpaired) electrons. The van der Waals surface area contributed by atoms with Crippen LogP contribution in [0.3, 0.4) is 0 Å². The monoisotopic (exact) mass is 430 g/mol. The van der Waals surface area contributed by atoms with Crippen LogP contribution in [0.5, 0.6) is 0 Å². The van der Waals surface area contributed by atoms with E-state index in [-0.39, 0.29) is 5.57 Å². The number of rotatable bonds is 11. The molecule has 0 aromatic rings. The maximum absolute atomic E-state index is 9.49. The Balaban J connectivity index is -0.000000330. The summed E-state index contributed by atoms with van der Waals surface area (Å²) >= 11 is -0.839. The van der Waals surface area contributed by atoms with E-state index in [1.54, 1.807) is 25.5 Å². The van der Waals surface area contributed by atoms with Crippen molar-refractivity contribution in [1.29, 1.82) is 0 Å². The van der Waals surface area contributed by atoms with E-state index in [4.69, 9.17) is 0 Å². The Kier molecular flexibility index (Phi) is 28.2. The van der Waals surface area contributed by atoms with Crippen molar-refractivity contribution in [2.24, 2.45) is 0 Å². The van der Waals surface area contributed by atoms with Crippen LogP contribution in [0, 0.1) is 0 Å². The van der Waals surface area contributed by atoms with Gasteiger partial charge in [-0.15, -0.1) is 0 Å². The number of allylic oxidation sites excluding steroid dienone is 2. The van der Waals surface area contributed by atoms with Gasteiger partial charge in [0.15, 0.2) is 0 Å². The first-order valence-electron chi connectivity index (χ1n) is 8.84. The number of unbranched alkanes of at least 4 members (excludes halogenated alkanes) is 3. The first kappa shape index (κ1) is 27.3. The van der Waals surface area contributed by atoms with Crippen molar-refractivity contribution in [2.75, 3.05) is 0 Å². The van der Waals surface area contributed by atoms with Crippen molar-refractivity contribution in [3.05, 3.63) is 37.5 Å². The topological polar surface area (TPSA) is 40.1 Å². The van der Waals surface area contributed by atoms with Gasteiger partial charge >= 0.3 is 92.4 Å². The van der Waals surface area contributed by atoms with E-state index in [1.807, 2.05) is 0 Å². The molecule has 0 N–H and O–H groups in total. The predicted octanol–water partition coefficient (Wildman–Crippen LogP) is 5.55. The molecular formula is C20H38O2Sn. The molecule has 0 rings (SSSR count). The minimum absolute atomic E-state index is 0.0648. The Morgan fingerprint density at radius 1 is 0.913 bits per heavy atom. The molecule has 2 nitrogen and oxygen atoms in total. The Bertz CT molecular complexity index is 261. The second-order valence-electron chi connectivity index (χ2n) is 5.60. The second kappa shape index (κ2) is 23.8. The molecule has 3 heteroatoms. The van der Waals surface area contributed by atoms with Crippen molar-refractivity contribution >= 4 is 25.7 Å². The molecule has 23 heavy (non-hydrogen) atoms. The molecule has 0 aromatic heterocycles. The predicted molar refractivity (Wildman–Crippen MR) is 105 cm³/mol. The van der Waals surface area contributed by atoms with Crippen LogP contribution in [0.15, 0.2) is 37.5 Å². The summed E-state index contributed by atoms with van der Waals surface area (Å²) < 4.78 is 5.04. The van der Waals surface area contributed by atoms with Crippen LogP contribution < -0.4 is 5.11 Å². The standard InChI is InChI=1S/C4H6O2.3C4H9.C4H6.Sn/c1-3(2)4(5)6;4*1-3-4-2;/h1H2,2H3,(H,5,6);3*1,3-4H2,2H3;3-4H,1-2H2;/q;;;;;+1/p-1. The van der Waals surface area contributed by atoms with Gasteiger partial charge in [0.2, 0.25) is 0 Å². The van der Waals surface area contributed by atoms with Crippen molar-refractivity contribution in [3.8, 4) is 0 Å². The van der Waals surface area contributed by atoms with Gasteiger partial charge in [-0.1, -0.05) is 31.9 Å². The van der Waals surface area contributed by atoms with Crippen molar-refractivity contribution in [3.63, 3.8) is 0 Å². The number of carboxylic acid groups (broad SMARTS) is 1. The van der Waals surface area contributed by atoms with E-state index in [0.29, 0.717) is 0 Å². The Hall–Kier alpha value is -0.511. The SMILES string of the molecule is C=C(C)C(=O)[O-].C=CC=C.CCC[CH2][Sn+]([CH2]CCC)[CH2]CCC. The number of carbonyl (C=O) groups is 1. The number of hydrogen-bond acceptors (Lipinski definition) is 2. The van der Waals surface area contributed by atoms with Crippen molar-refractivity contribution in [1.82, 2.24) is 0 Å². The molecule has 134 valence electrons. The Morgan fingerprint density at radius 2 is 1.17 bits per heavy atom. The zero-order chi connectivity index (χ0) is 18.5. The van der Waals surface area contributed by atoms with Gasteiger partial charge in [-0.2, -0.15) is 0 Å². The average molecular weight is 429 g/mol. The Labute approximate surface area is 152 Å². The van der Waals surface area contributed by atoms with Gasteiger partial charge in [-0.25, -0.2) is 0 Å². The van der Waals surface area contributed by atoms with Gasteiger partial charge in [0.25, 0.3) is 0 Å². The fraction of sp³-hybridized carbons (Fsp3) is 0.650. The fourth-order valence-corrected chi connectivity index (χ4v) is 11.1. The van der Waals surface area contributed by atoms with Gasteiger partial charge in [0, 0.05) is 0 Å². The summed E-state index contributed by atoms with van der Waals surface area (Å²) in [5.74, 6) is -1.19. The molecule has 0 spiro atoms. The maximum atomic E-state index is 9.49. The van der Waals surface area contributed by atoms with Crippen LogP contribution in [0.1, 0.15) is 66.2 Å². The van der Waals surface area contributed by atoms with Crippen LogP contribution in [-0.2, 0) is 4.79 Å². The molecule has 0 saturated heterocycles. The molecule has 0 unspecified atom stereocenters. The quantitative estimate of drug-likeness (QED) is 0.245. The van der Waals surface area contributed by atoms with E-state index < -0.39 is 25.7 Å². The first-order chi connectivity index (χ1) is 10.9. The van der Waals surface area contributed by atoms with Crippen LogP contribution in [0.4, 0.5) is 0 Å². The molecular weight excluding hydrogens is 391 g/mol. The van der Waals surface area contributed by atoms with Gasteiger partial charge in [0.1, 0.15) is 0 Å². The molecule has 0 aliphatic rings. The normalized spacial score (nSPS) is 8.70. The molecule has 0 bridgehead atoms. The second-order valence-corrected chi connectivity index (χ2v) is 14.2. The van der Waals surface area contributed by atoms with Gasteiger partial charge in [-0.3, -0.25) is 0 Å². The summed E-state index contributed by atoms with van der Waals surface area (Å²) in [6.07, 6.45) is 12.1. The molecule has 0 heterocycles. The minimum atomic E-state index is -1.19. The summed E-state index contributed by atoms with van der Waals surface area (Å²) in [4.78, 5) is 9.49. The third-order valence-electron chi connectivity index (χ3n) is 3.17. The third-order valence-corrected chi connectivity index (χ3v) is 12.2. The van der Waals surface area contributed by atoms with E-state index in [9.17, 15) is 9.90 Å². The number of aliphatic carboxylic acids is 1. The molecule has 0 atom stereocenters. The number of carboxylic acids is 1. The van der Waals surface area contributed by atoms with Crippen LogP contribution in [0.25, 0.3) is 0 Å². The van der Waals surface area contributed by atoms with E-state index in [1.165, 1.54) is 45.4 Å². The molecule has 0 aromatic carbocycles. The summed E-state index contributed by atoms with van der Waals surface area (Å²) in [5, 5.41) is 9.49. The average Bonchev–Trinajstić information content (AvgIpc) is 2.54. The van der Waals surface area contributed by atoms with Crippen LogP contribution in [-0.4, -0.2) is 25.7 Å². The summed E-state index contributed by atoms with van der Waals surface area (Å²) in [6, 6.07) is 0. The molecule has 0 saturated carbocycles. The molecule has 0 amide bonds.